The first kappa shape index (κ1) is 14.5. The predicted molar refractivity (Wildman–Crippen MR) is 87.3 cm³/mol. The first-order valence-corrected chi connectivity index (χ1v) is 7.08. The van der Waals surface area contributed by atoms with Crippen molar-refractivity contribution in [1.29, 1.82) is 10.5 Å². The monoisotopic (exact) mass is 301 g/mol. The van der Waals surface area contributed by atoms with Crippen LogP contribution in [0.15, 0.2) is 71.2 Å². The third-order valence-corrected chi connectivity index (χ3v) is 4.21. The van der Waals surface area contributed by atoms with E-state index in [1.165, 1.54) is 0 Å². The van der Waals surface area contributed by atoms with Crippen LogP contribution in [0.4, 0.5) is 0 Å². The molecule has 0 amide bonds. The number of nitrogens with two attached hydrogens (primary N) is 3. The van der Waals surface area contributed by atoms with Crippen LogP contribution in [0.3, 0.4) is 0 Å². The molecule has 5 heteroatoms. The number of rotatable bonds is 1. The van der Waals surface area contributed by atoms with E-state index in [1.54, 1.807) is 18.2 Å². The average molecular weight is 301 g/mol. The molecule has 0 unspecified atom stereocenters. The molecule has 0 aromatic heterocycles. The lowest BCUT2D eigenvalue weighted by atomic mass is 9.73. The van der Waals surface area contributed by atoms with E-state index >= 15 is 0 Å². The van der Waals surface area contributed by atoms with Gasteiger partial charge in [0.05, 0.1) is 12.1 Å². The van der Waals surface area contributed by atoms with E-state index in [1.807, 2.05) is 30.3 Å². The van der Waals surface area contributed by atoms with Gasteiger partial charge in [-0.3, -0.25) is 0 Å². The van der Waals surface area contributed by atoms with Crippen LogP contribution in [-0.4, -0.2) is 0 Å². The smallest absolute Gasteiger partial charge is 0.181 e. The third kappa shape index (κ3) is 1.99. The Hall–Kier alpha value is -3.44. The van der Waals surface area contributed by atoms with Gasteiger partial charge in [0.25, 0.3) is 0 Å². The zero-order valence-electron chi connectivity index (χ0n) is 12.3. The van der Waals surface area contributed by atoms with E-state index in [2.05, 4.69) is 12.1 Å². The number of hydrogen-bond acceptors (Lipinski definition) is 5. The van der Waals surface area contributed by atoms with Gasteiger partial charge in [-0.05, 0) is 23.3 Å². The highest BCUT2D eigenvalue weighted by Crippen LogP contribution is 2.54. The lowest BCUT2D eigenvalue weighted by molar-refractivity contribution is 0.575. The van der Waals surface area contributed by atoms with Crippen molar-refractivity contribution in [2.45, 2.75) is 0 Å². The number of fused-ring (bicyclic) bond motifs is 1. The Morgan fingerprint density at radius 1 is 0.913 bits per heavy atom. The highest BCUT2D eigenvalue weighted by molar-refractivity contribution is 5.86. The number of nitriles is 2. The summed E-state index contributed by atoms with van der Waals surface area (Å²) in [5, 5.41) is 19.7. The minimum Gasteiger partial charge on any atom is -0.399 e. The Kier molecular flexibility index (Phi) is 3.20. The Morgan fingerprint density at radius 2 is 1.57 bits per heavy atom. The molecule has 1 aromatic carbocycles. The van der Waals surface area contributed by atoms with Crippen molar-refractivity contribution in [3.8, 4) is 12.1 Å². The molecule has 0 aliphatic heterocycles. The second-order valence-electron chi connectivity index (χ2n) is 5.57. The van der Waals surface area contributed by atoms with Gasteiger partial charge in [0.15, 0.2) is 5.41 Å². The molecule has 0 heterocycles. The molecule has 0 spiro atoms. The zero-order valence-corrected chi connectivity index (χ0v) is 12.3. The first-order valence-electron chi connectivity index (χ1n) is 7.08. The van der Waals surface area contributed by atoms with Crippen LogP contribution in [0, 0.1) is 34.0 Å². The minimum absolute atomic E-state index is 0.409. The van der Waals surface area contributed by atoms with Crippen LogP contribution in [0.5, 0.6) is 0 Å². The molecule has 0 bridgehead atoms. The largest absolute Gasteiger partial charge is 0.399 e. The number of nitrogens with zero attached hydrogens (tertiary/aromatic N) is 2. The summed E-state index contributed by atoms with van der Waals surface area (Å²) < 4.78 is 0. The van der Waals surface area contributed by atoms with Crippen molar-refractivity contribution in [2.75, 3.05) is 0 Å². The molecule has 112 valence electrons. The molecular weight excluding hydrogens is 286 g/mol. The zero-order chi connectivity index (χ0) is 16.6. The van der Waals surface area contributed by atoms with E-state index in [0.717, 1.165) is 5.56 Å². The first-order chi connectivity index (χ1) is 11.0. The summed E-state index contributed by atoms with van der Waals surface area (Å²) in [6, 6.07) is 13.6. The van der Waals surface area contributed by atoms with Crippen molar-refractivity contribution < 1.29 is 0 Å². The maximum Gasteiger partial charge on any atom is 0.181 e. The van der Waals surface area contributed by atoms with Crippen LogP contribution in [-0.2, 0) is 0 Å². The van der Waals surface area contributed by atoms with Crippen molar-refractivity contribution in [2.24, 2.45) is 28.5 Å². The Labute approximate surface area is 134 Å². The van der Waals surface area contributed by atoms with E-state index in [0.29, 0.717) is 28.2 Å². The SMILES string of the molecule is N#CC1(C#N)C(c2ccccc2)=C(N)C2=CC(N)=CC(N)=C[C@@H]21. The molecule has 5 nitrogen and oxygen atoms in total. The molecule has 3 rings (SSSR count). The van der Waals surface area contributed by atoms with E-state index in [4.69, 9.17) is 17.2 Å². The van der Waals surface area contributed by atoms with Gasteiger partial charge < -0.3 is 17.2 Å². The van der Waals surface area contributed by atoms with E-state index < -0.39 is 11.3 Å². The van der Waals surface area contributed by atoms with Crippen LogP contribution in [0.2, 0.25) is 0 Å². The lowest BCUT2D eigenvalue weighted by Gasteiger charge is -2.23. The molecule has 2 aliphatic rings. The van der Waals surface area contributed by atoms with Gasteiger partial charge in [0, 0.05) is 28.6 Å². The summed E-state index contributed by atoms with van der Waals surface area (Å²) in [6.07, 6.45) is 4.97. The van der Waals surface area contributed by atoms with Crippen molar-refractivity contribution >= 4 is 5.57 Å². The summed E-state index contributed by atoms with van der Waals surface area (Å²) in [7, 11) is 0. The average Bonchev–Trinajstić information content (AvgIpc) is 2.66. The van der Waals surface area contributed by atoms with Crippen LogP contribution in [0.1, 0.15) is 5.56 Å². The predicted octanol–water partition coefficient (Wildman–Crippen LogP) is 1.64. The summed E-state index contributed by atoms with van der Waals surface area (Å²) >= 11 is 0. The molecular formula is C18H15N5. The topological polar surface area (TPSA) is 126 Å². The van der Waals surface area contributed by atoms with Gasteiger partial charge in [-0.1, -0.05) is 36.4 Å². The summed E-state index contributed by atoms with van der Waals surface area (Å²) in [5.41, 5.74) is 19.9. The third-order valence-electron chi connectivity index (χ3n) is 4.21. The number of hydrogen-bond donors (Lipinski definition) is 3. The van der Waals surface area contributed by atoms with E-state index in [9.17, 15) is 10.5 Å². The maximum absolute atomic E-state index is 9.84. The molecule has 2 aliphatic carbocycles. The van der Waals surface area contributed by atoms with Gasteiger partial charge >= 0.3 is 0 Å². The van der Waals surface area contributed by atoms with Crippen LogP contribution < -0.4 is 17.2 Å². The molecule has 0 saturated carbocycles. The normalized spacial score (nSPS) is 22.0. The molecule has 1 atom stereocenters. The molecule has 0 radical (unpaired) electrons. The van der Waals surface area contributed by atoms with Gasteiger partial charge in [0.1, 0.15) is 0 Å². The number of benzene rings is 1. The Balaban J connectivity index is 2.35. The fraction of sp³-hybridized carbons (Fsp3) is 0.111. The van der Waals surface area contributed by atoms with Crippen molar-refractivity contribution in [3.63, 3.8) is 0 Å². The molecule has 1 aromatic rings. The highest BCUT2D eigenvalue weighted by Gasteiger charge is 2.52. The summed E-state index contributed by atoms with van der Waals surface area (Å²) in [5.74, 6) is -0.551. The van der Waals surface area contributed by atoms with Crippen LogP contribution >= 0.6 is 0 Å². The van der Waals surface area contributed by atoms with Gasteiger partial charge in [-0.15, -0.1) is 0 Å². The fourth-order valence-corrected chi connectivity index (χ4v) is 3.21. The standard InChI is InChI=1S/C18H15N5/c19-9-18(10-20)15-8-13(22)6-12(21)7-14(15)17(23)16(18)11-4-2-1-3-5-11/h1-8,15H,21-23H2/t15-/m0/s1. The second-order valence-corrected chi connectivity index (χ2v) is 5.57. The molecule has 0 saturated heterocycles. The molecule has 23 heavy (non-hydrogen) atoms. The van der Waals surface area contributed by atoms with E-state index in [-0.39, 0.29) is 0 Å². The second kappa shape index (κ2) is 5.08. The van der Waals surface area contributed by atoms with Crippen molar-refractivity contribution in [3.05, 3.63) is 76.8 Å². The summed E-state index contributed by atoms with van der Waals surface area (Å²) in [6.45, 7) is 0. The van der Waals surface area contributed by atoms with Gasteiger partial charge in [-0.25, -0.2) is 0 Å². The Morgan fingerprint density at radius 3 is 2.17 bits per heavy atom. The quantitative estimate of drug-likeness (QED) is 0.727. The summed E-state index contributed by atoms with van der Waals surface area (Å²) in [4.78, 5) is 0. The van der Waals surface area contributed by atoms with Crippen molar-refractivity contribution in [1.82, 2.24) is 0 Å². The molecule has 0 fully saturated rings. The lowest BCUT2D eigenvalue weighted by Crippen LogP contribution is -2.25. The van der Waals surface area contributed by atoms with Crippen LogP contribution in [0.25, 0.3) is 5.57 Å². The van der Waals surface area contributed by atoms with Gasteiger partial charge in [-0.2, -0.15) is 10.5 Å². The molecule has 6 N–H and O–H groups in total. The Bertz CT molecular complexity index is 858. The highest BCUT2D eigenvalue weighted by atomic mass is 14.7. The fourth-order valence-electron chi connectivity index (χ4n) is 3.21. The minimum atomic E-state index is -1.43. The number of allylic oxidation sites excluding steroid dienone is 5. The maximum atomic E-state index is 9.84. The van der Waals surface area contributed by atoms with Gasteiger partial charge in [0.2, 0.25) is 0 Å².